The first-order valence-electron chi connectivity index (χ1n) is 7.12. The fourth-order valence-corrected chi connectivity index (χ4v) is 2.64. The summed E-state index contributed by atoms with van der Waals surface area (Å²) in [5.41, 5.74) is 0.899. The first kappa shape index (κ1) is 18.5. The third-order valence-corrected chi connectivity index (χ3v) is 3.95. The Hall–Kier alpha value is -2.87. The van der Waals surface area contributed by atoms with Gasteiger partial charge in [-0.15, -0.1) is 11.8 Å². The number of aromatic nitrogens is 1. The fraction of sp³-hybridized carbons (Fsp3) is 0.176. The minimum atomic E-state index is -0.632. The average Bonchev–Trinajstić information content (AvgIpc) is 2.66. The number of anilines is 1. The molecule has 0 aliphatic rings. The van der Waals surface area contributed by atoms with E-state index in [1.54, 1.807) is 18.3 Å². The molecule has 1 N–H and O–H groups in total. The molecule has 1 aromatic heterocycles. The van der Waals surface area contributed by atoms with Gasteiger partial charge in [-0.25, -0.2) is 14.6 Å². The molecule has 2 rings (SSSR count). The van der Waals surface area contributed by atoms with E-state index in [-0.39, 0.29) is 16.8 Å². The van der Waals surface area contributed by atoms with Crippen LogP contribution in [0.4, 0.5) is 5.69 Å². The predicted octanol–water partition coefficient (Wildman–Crippen LogP) is 2.63. The quantitative estimate of drug-likeness (QED) is 0.647. The highest BCUT2D eigenvalue weighted by Crippen LogP contribution is 2.21. The van der Waals surface area contributed by atoms with Crippen LogP contribution in [0, 0.1) is 0 Å². The Kier molecular flexibility index (Phi) is 6.13. The highest BCUT2D eigenvalue weighted by atomic mass is 32.2. The van der Waals surface area contributed by atoms with Gasteiger partial charge in [-0.2, -0.15) is 0 Å². The van der Waals surface area contributed by atoms with E-state index >= 15 is 0 Å². The minimum Gasteiger partial charge on any atom is -0.465 e. The molecule has 0 spiro atoms. The summed E-state index contributed by atoms with van der Waals surface area (Å²) in [7, 11) is 2.46. The van der Waals surface area contributed by atoms with E-state index in [0.29, 0.717) is 10.6 Å². The number of nitrogens with zero attached hydrogens (tertiary/aromatic N) is 1. The van der Waals surface area contributed by atoms with Gasteiger partial charge >= 0.3 is 11.9 Å². The number of carbonyl (C=O) groups is 3. The van der Waals surface area contributed by atoms with Crippen molar-refractivity contribution < 1.29 is 23.9 Å². The number of benzene rings is 1. The van der Waals surface area contributed by atoms with Crippen molar-refractivity contribution in [1.82, 2.24) is 4.98 Å². The number of pyridine rings is 1. The van der Waals surface area contributed by atoms with Crippen LogP contribution in [-0.4, -0.2) is 43.3 Å². The van der Waals surface area contributed by atoms with Crippen LogP contribution < -0.4 is 5.32 Å². The summed E-state index contributed by atoms with van der Waals surface area (Å²) in [4.78, 5) is 40.2. The van der Waals surface area contributed by atoms with Crippen molar-refractivity contribution in [3.05, 3.63) is 53.2 Å². The van der Waals surface area contributed by atoms with E-state index in [1.165, 1.54) is 44.2 Å². The maximum atomic E-state index is 12.5. The molecule has 0 radical (unpaired) electrons. The lowest BCUT2D eigenvalue weighted by molar-refractivity contribution is 0.0599. The minimum absolute atomic E-state index is 0.122. The second kappa shape index (κ2) is 8.29. The van der Waals surface area contributed by atoms with E-state index in [4.69, 9.17) is 0 Å². The molecule has 7 nitrogen and oxygen atoms in total. The molecule has 0 saturated carbocycles. The lowest BCUT2D eigenvalue weighted by atomic mass is 10.1. The van der Waals surface area contributed by atoms with Crippen LogP contribution in [0.1, 0.15) is 31.1 Å². The van der Waals surface area contributed by atoms with E-state index in [2.05, 4.69) is 19.8 Å². The monoisotopic (exact) mass is 360 g/mol. The van der Waals surface area contributed by atoms with Crippen molar-refractivity contribution in [2.24, 2.45) is 0 Å². The number of rotatable bonds is 5. The van der Waals surface area contributed by atoms with Gasteiger partial charge in [-0.05, 0) is 36.6 Å². The van der Waals surface area contributed by atoms with Gasteiger partial charge in [-0.3, -0.25) is 4.79 Å². The molecule has 0 bridgehead atoms. The lowest BCUT2D eigenvalue weighted by Crippen LogP contribution is -2.15. The second-order valence-electron chi connectivity index (χ2n) is 4.80. The fourth-order valence-electron chi connectivity index (χ4n) is 2.10. The predicted molar refractivity (Wildman–Crippen MR) is 93.1 cm³/mol. The summed E-state index contributed by atoms with van der Waals surface area (Å²) in [5.74, 6) is -1.67. The average molecular weight is 360 g/mol. The van der Waals surface area contributed by atoms with Crippen LogP contribution in [0.5, 0.6) is 0 Å². The molecule has 0 aliphatic carbocycles. The zero-order valence-electron chi connectivity index (χ0n) is 13.9. The van der Waals surface area contributed by atoms with Gasteiger partial charge in [-0.1, -0.05) is 0 Å². The summed E-state index contributed by atoms with van der Waals surface area (Å²) in [6, 6.07) is 7.47. The highest BCUT2D eigenvalue weighted by Gasteiger charge is 2.17. The first-order valence-corrected chi connectivity index (χ1v) is 8.34. The molecule has 0 unspecified atom stereocenters. The van der Waals surface area contributed by atoms with Gasteiger partial charge in [0.05, 0.1) is 30.9 Å². The smallest absolute Gasteiger partial charge is 0.337 e. The van der Waals surface area contributed by atoms with Gasteiger partial charge in [0.25, 0.3) is 5.91 Å². The van der Waals surface area contributed by atoms with Gasteiger partial charge in [0, 0.05) is 11.9 Å². The number of methoxy groups -OCH3 is 2. The molecule has 2 aromatic rings. The highest BCUT2D eigenvalue weighted by molar-refractivity contribution is 7.98. The number of hydrogen-bond acceptors (Lipinski definition) is 7. The Morgan fingerprint density at radius 2 is 1.64 bits per heavy atom. The maximum absolute atomic E-state index is 12.5. The standard InChI is InChI=1S/C17H16N2O5S/c1-23-16(21)10-7-11(17(22)24-2)9-12(8-10)19-14(20)13-5-4-6-18-15(13)25-3/h4-9H,1-3H3,(H,19,20). The zero-order valence-corrected chi connectivity index (χ0v) is 14.7. The van der Waals surface area contributed by atoms with E-state index in [0.717, 1.165) is 0 Å². The SMILES string of the molecule is COC(=O)c1cc(NC(=O)c2cccnc2SC)cc(C(=O)OC)c1. The molecular formula is C17H16N2O5S. The normalized spacial score (nSPS) is 10.0. The van der Waals surface area contributed by atoms with Crippen molar-refractivity contribution in [3.8, 4) is 0 Å². The summed E-state index contributed by atoms with van der Waals surface area (Å²) in [6.45, 7) is 0. The summed E-state index contributed by atoms with van der Waals surface area (Å²) < 4.78 is 9.34. The molecule has 25 heavy (non-hydrogen) atoms. The number of thioether (sulfide) groups is 1. The Bertz CT molecular complexity index is 788. The van der Waals surface area contributed by atoms with Crippen LogP contribution >= 0.6 is 11.8 Å². The van der Waals surface area contributed by atoms with Gasteiger partial charge in [0.15, 0.2) is 0 Å². The molecule has 0 saturated heterocycles. The van der Waals surface area contributed by atoms with Crippen LogP contribution in [0.15, 0.2) is 41.6 Å². The van der Waals surface area contributed by atoms with Crippen molar-refractivity contribution >= 4 is 35.3 Å². The zero-order chi connectivity index (χ0) is 18.4. The molecule has 8 heteroatoms. The Morgan fingerprint density at radius 1 is 1.04 bits per heavy atom. The number of esters is 2. The van der Waals surface area contributed by atoms with Crippen LogP contribution in [0.2, 0.25) is 0 Å². The molecule has 0 fully saturated rings. The largest absolute Gasteiger partial charge is 0.465 e. The van der Waals surface area contributed by atoms with Crippen LogP contribution in [0.25, 0.3) is 0 Å². The molecular weight excluding hydrogens is 344 g/mol. The Labute approximate surface area is 148 Å². The second-order valence-corrected chi connectivity index (χ2v) is 5.59. The third-order valence-electron chi connectivity index (χ3n) is 3.24. The van der Waals surface area contributed by atoms with E-state index < -0.39 is 17.8 Å². The summed E-state index contributed by atoms with van der Waals surface area (Å²) in [5, 5.41) is 3.23. The lowest BCUT2D eigenvalue weighted by Gasteiger charge is -2.10. The van der Waals surface area contributed by atoms with Crippen LogP contribution in [-0.2, 0) is 9.47 Å². The van der Waals surface area contributed by atoms with Gasteiger partial charge in [0.2, 0.25) is 0 Å². The molecule has 1 amide bonds. The molecule has 130 valence electrons. The van der Waals surface area contributed by atoms with E-state index in [9.17, 15) is 14.4 Å². The maximum Gasteiger partial charge on any atom is 0.337 e. The summed E-state index contributed by atoms with van der Waals surface area (Å²) >= 11 is 1.34. The van der Waals surface area contributed by atoms with Crippen molar-refractivity contribution in [2.75, 3.05) is 25.8 Å². The van der Waals surface area contributed by atoms with E-state index in [1.807, 2.05) is 6.26 Å². The number of ether oxygens (including phenoxy) is 2. The van der Waals surface area contributed by atoms with Crippen molar-refractivity contribution in [2.45, 2.75) is 5.03 Å². The Balaban J connectivity index is 2.39. The molecule has 1 aromatic carbocycles. The summed E-state index contributed by atoms with van der Waals surface area (Å²) in [6.07, 6.45) is 3.40. The number of hydrogen-bond donors (Lipinski definition) is 1. The number of carbonyl (C=O) groups excluding carboxylic acids is 3. The molecule has 1 heterocycles. The van der Waals surface area contributed by atoms with Gasteiger partial charge < -0.3 is 14.8 Å². The van der Waals surface area contributed by atoms with Crippen LogP contribution in [0.3, 0.4) is 0 Å². The topological polar surface area (TPSA) is 94.6 Å². The first-order chi connectivity index (χ1) is 12.0. The number of nitrogens with one attached hydrogen (secondary N) is 1. The Morgan fingerprint density at radius 3 is 2.16 bits per heavy atom. The van der Waals surface area contributed by atoms with Crippen molar-refractivity contribution in [3.63, 3.8) is 0 Å². The third kappa shape index (κ3) is 4.36. The van der Waals surface area contributed by atoms with Gasteiger partial charge in [0.1, 0.15) is 5.03 Å². The number of amides is 1. The van der Waals surface area contributed by atoms with Crippen molar-refractivity contribution in [1.29, 1.82) is 0 Å². The molecule has 0 aliphatic heterocycles. The molecule has 0 atom stereocenters.